The Labute approximate surface area is 231 Å². The molecule has 2 aromatic carbocycles. The summed E-state index contributed by atoms with van der Waals surface area (Å²) in [6, 6.07) is 7.97. The number of fused-ring (bicyclic) bond motifs is 1. The van der Waals surface area contributed by atoms with E-state index in [1.165, 1.54) is 12.1 Å². The van der Waals surface area contributed by atoms with Crippen molar-refractivity contribution < 1.29 is 28.7 Å². The minimum atomic E-state index is -1.34. The van der Waals surface area contributed by atoms with Crippen molar-refractivity contribution in [3.63, 3.8) is 0 Å². The molecule has 0 amide bonds. The van der Waals surface area contributed by atoms with Gasteiger partial charge in [-0.3, -0.25) is 0 Å². The van der Waals surface area contributed by atoms with E-state index in [9.17, 15) is 19.4 Å². The predicted octanol–water partition coefficient (Wildman–Crippen LogP) is 7.32. The van der Waals surface area contributed by atoms with E-state index in [2.05, 4.69) is 10.1 Å². The number of aromatic carboxylic acids is 1. The van der Waals surface area contributed by atoms with Crippen LogP contribution < -0.4 is 0 Å². The second-order valence-corrected chi connectivity index (χ2v) is 11.7. The largest absolute Gasteiger partial charge is 0.478 e. The average Bonchev–Trinajstić information content (AvgIpc) is 3.48. The van der Waals surface area contributed by atoms with Crippen LogP contribution in [0.1, 0.15) is 71.1 Å². The number of aromatic nitrogens is 2. The molecule has 0 radical (unpaired) electrons. The third kappa shape index (κ3) is 4.60. The molecule has 0 bridgehead atoms. The Morgan fingerprint density at radius 3 is 2.53 bits per heavy atom. The molecule has 4 aromatic rings. The minimum absolute atomic E-state index is 0.114. The van der Waals surface area contributed by atoms with Crippen LogP contribution in [0.2, 0.25) is 10.0 Å². The van der Waals surface area contributed by atoms with Crippen LogP contribution in [0.25, 0.3) is 21.5 Å². The SMILES string of the molecule is O=C(O)c1ccc2nc(C3(O)CCC(OCc4c(-c5c(Cl)cccc5Cl)noc4C4CC4)CC3)sc2c1F. The lowest BCUT2D eigenvalue weighted by Crippen LogP contribution is -2.34. The van der Waals surface area contributed by atoms with Crippen molar-refractivity contribution in [1.82, 2.24) is 10.1 Å². The second kappa shape index (κ2) is 9.88. The number of ether oxygens (including phenoxy) is 1. The van der Waals surface area contributed by atoms with Gasteiger partial charge in [-0.2, -0.15) is 0 Å². The first-order valence-corrected chi connectivity index (χ1v) is 13.9. The van der Waals surface area contributed by atoms with Gasteiger partial charge < -0.3 is 19.5 Å². The molecule has 0 unspecified atom stereocenters. The summed E-state index contributed by atoms with van der Waals surface area (Å²) in [4.78, 5) is 15.7. The molecule has 0 spiro atoms. The van der Waals surface area contributed by atoms with Crippen LogP contribution in [-0.2, 0) is 16.9 Å². The lowest BCUT2D eigenvalue weighted by Gasteiger charge is -2.34. The summed E-state index contributed by atoms with van der Waals surface area (Å²) in [5.74, 6) is -1.04. The van der Waals surface area contributed by atoms with Gasteiger partial charge in [0.1, 0.15) is 22.1 Å². The van der Waals surface area contributed by atoms with E-state index < -0.39 is 23.0 Å². The minimum Gasteiger partial charge on any atom is -0.478 e. The van der Waals surface area contributed by atoms with Crippen LogP contribution in [0.4, 0.5) is 4.39 Å². The fraction of sp³-hybridized carbons (Fsp3) is 0.370. The van der Waals surface area contributed by atoms with Gasteiger partial charge in [0.25, 0.3) is 0 Å². The summed E-state index contributed by atoms with van der Waals surface area (Å²) in [6.45, 7) is 0.277. The Morgan fingerprint density at radius 2 is 1.87 bits per heavy atom. The highest BCUT2D eigenvalue weighted by molar-refractivity contribution is 7.18. The quantitative estimate of drug-likeness (QED) is 0.237. The molecular formula is C27H23Cl2FN2O5S. The third-order valence-corrected chi connectivity index (χ3v) is 9.20. The van der Waals surface area contributed by atoms with Crippen LogP contribution in [0, 0.1) is 5.82 Å². The Morgan fingerprint density at radius 1 is 1.16 bits per heavy atom. The number of carboxylic acid groups (broad SMARTS) is 1. The highest BCUT2D eigenvalue weighted by Crippen LogP contribution is 2.47. The summed E-state index contributed by atoms with van der Waals surface area (Å²) in [7, 11) is 0. The summed E-state index contributed by atoms with van der Waals surface area (Å²) >= 11 is 13.9. The number of nitrogens with zero attached hydrogens (tertiary/aromatic N) is 2. The monoisotopic (exact) mass is 576 g/mol. The molecule has 6 rings (SSSR count). The summed E-state index contributed by atoms with van der Waals surface area (Å²) in [5.41, 5.74) is 0.758. The zero-order valence-corrected chi connectivity index (χ0v) is 22.4. The molecule has 2 aromatic heterocycles. The van der Waals surface area contributed by atoms with Crippen molar-refractivity contribution in [3.05, 3.63) is 68.1 Å². The maximum absolute atomic E-state index is 14.7. The van der Waals surface area contributed by atoms with Gasteiger partial charge in [-0.1, -0.05) is 34.4 Å². The smallest absolute Gasteiger partial charge is 0.338 e. The zero-order valence-electron chi connectivity index (χ0n) is 20.0. The Bertz CT molecular complexity index is 1520. The van der Waals surface area contributed by atoms with Crippen molar-refractivity contribution in [1.29, 1.82) is 0 Å². The number of carbonyl (C=O) groups is 1. The van der Waals surface area contributed by atoms with Gasteiger partial charge >= 0.3 is 5.97 Å². The highest BCUT2D eigenvalue weighted by atomic mass is 35.5. The zero-order chi connectivity index (χ0) is 26.6. The first-order valence-electron chi connectivity index (χ1n) is 12.3. The number of halogens is 3. The molecule has 2 aliphatic rings. The third-order valence-electron chi connectivity index (χ3n) is 7.31. The molecule has 0 atom stereocenters. The van der Waals surface area contributed by atoms with Crippen molar-refractivity contribution in [2.45, 2.75) is 62.8 Å². The highest BCUT2D eigenvalue weighted by Gasteiger charge is 2.39. The fourth-order valence-electron chi connectivity index (χ4n) is 5.02. The van der Waals surface area contributed by atoms with Crippen LogP contribution >= 0.6 is 34.5 Å². The normalized spacial score (nSPS) is 21.7. The maximum atomic E-state index is 14.7. The molecule has 38 heavy (non-hydrogen) atoms. The topological polar surface area (TPSA) is 106 Å². The number of hydrogen-bond acceptors (Lipinski definition) is 7. The Balaban J connectivity index is 1.18. The molecule has 0 saturated heterocycles. The van der Waals surface area contributed by atoms with Crippen molar-refractivity contribution in [2.75, 3.05) is 0 Å². The van der Waals surface area contributed by atoms with Gasteiger partial charge in [-0.05, 0) is 62.8 Å². The Kier molecular flexibility index (Phi) is 6.68. The second-order valence-electron chi connectivity index (χ2n) is 9.89. The molecule has 2 saturated carbocycles. The summed E-state index contributed by atoms with van der Waals surface area (Å²) in [5, 5.41) is 26.2. The van der Waals surface area contributed by atoms with Gasteiger partial charge in [0, 0.05) is 17.0 Å². The molecule has 2 heterocycles. The predicted molar refractivity (Wildman–Crippen MR) is 141 cm³/mol. The van der Waals surface area contributed by atoms with E-state index in [1.807, 2.05) is 0 Å². The summed E-state index contributed by atoms with van der Waals surface area (Å²) in [6.07, 6.45) is 3.86. The molecule has 11 heteroatoms. The van der Waals surface area contributed by atoms with Crippen LogP contribution in [0.5, 0.6) is 0 Å². The number of thiazole rings is 1. The number of hydrogen-bond donors (Lipinski definition) is 2. The van der Waals surface area contributed by atoms with Crippen molar-refractivity contribution in [2.24, 2.45) is 0 Å². The van der Waals surface area contributed by atoms with Gasteiger partial charge in [0.05, 0.1) is 38.5 Å². The number of carboxylic acids is 1. The molecule has 2 N–H and O–H groups in total. The van der Waals surface area contributed by atoms with Gasteiger partial charge in [-0.25, -0.2) is 14.2 Å². The van der Waals surface area contributed by atoms with Gasteiger partial charge in [0.15, 0.2) is 5.82 Å². The first kappa shape index (κ1) is 25.7. The number of benzene rings is 2. The molecule has 2 fully saturated rings. The van der Waals surface area contributed by atoms with Crippen LogP contribution in [0.15, 0.2) is 34.9 Å². The summed E-state index contributed by atoms with van der Waals surface area (Å²) < 4.78 is 26.8. The van der Waals surface area contributed by atoms with Gasteiger partial charge in [0.2, 0.25) is 0 Å². The van der Waals surface area contributed by atoms with Crippen LogP contribution in [0.3, 0.4) is 0 Å². The van der Waals surface area contributed by atoms with E-state index >= 15 is 0 Å². The van der Waals surface area contributed by atoms with Crippen molar-refractivity contribution >= 4 is 50.7 Å². The molecule has 2 aliphatic carbocycles. The molecule has 198 valence electrons. The number of aliphatic hydroxyl groups is 1. The van der Waals surface area contributed by atoms with Gasteiger partial charge in [-0.15, -0.1) is 11.3 Å². The lowest BCUT2D eigenvalue weighted by molar-refractivity contribution is -0.0640. The van der Waals surface area contributed by atoms with Crippen molar-refractivity contribution in [3.8, 4) is 11.3 Å². The van der Waals surface area contributed by atoms with E-state index in [4.69, 9.17) is 32.5 Å². The lowest BCUT2D eigenvalue weighted by atomic mass is 9.83. The first-order chi connectivity index (χ1) is 18.2. The van der Waals surface area contributed by atoms with E-state index in [1.54, 1.807) is 18.2 Å². The molecule has 0 aliphatic heterocycles. The molecule has 7 nitrogen and oxygen atoms in total. The standard InChI is InChI=1S/C27H23Cl2FN2O5S/c28-17-2-1-3-18(29)20(17)22-16(23(37-32-22)13-4-5-13)12-36-14-8-10-27(35,11-9-14)26-31-19-7-6-15(25(33)34)21(30)24(19)38-26/h1-3,6-7,13-14,35H,4-5,8-12H2,(H,33,34). The Hall–Kier alpha value is -2.56. The number of rotatable bonds is 7. The fourth-order valence-corrected chi connectivity index (χ4v) is 6.75. The van der Waals surface area contributed by atoms with E-state index in [-0.39, 0.29) is 17.4 Å². The molecular weight excluding hydrogens is 554 g/mol. The maximum Gasteiger partial charge on any atom is 0.338 e. The van der Waals surface area contributed by atoms with Crippen LogP contribution in [-0.4, -0.2) is 32.4 Å². The van der Waals surface area contributed by atoms with E-state index in [0.717, 1.165) is 35.5 Å². The van der Waals surface area contributed by atoms with E-state index in [0.29, 0.717) is 63.4 Å². The average molecular weight is 577 g/mol.